The van der Waals surface area contributed by atoms with Gasteiger partial charge in [-0.1, -0.05) is 0 Å². The second-order valence-corrected chi connectivity index (χ2v) is 3.02. The van der Waals surface area contributed by atoms with Crippen molar-refractivity contribution in [3.8, 4) is 5.75 Å². The lowest BCUT2D eigenvalue weighted by atomic mass is 10.2. The molecule has 0 atom stereocenters. The van der Waals surface area contributed by atoms with Gasteiger partial charge in [0.25, 0.3) is 0 Å². The van der Waals surface area contributed by atoms with Crippen LogP contribution in [0.5, 0.6) is 5.75 Å². The van der Waals surface area contributed by atoms with Crippen molar-refractivity contribution in [3.63, 3.8) is 0 Å². The van der Waals surface area contributed by atoms with Crippen LogP contribution < -0.4 is 21.1 Å². The average molecular weight is 231 g/mol. The summed E-state index contributed by atoms with van der Waals surface area (Å²) in [6.45, 7) is 0. The molecule has 16 heavy (non-hydrogen) atoms. The molecule has 0 radical (unpaired) electrons. The van der Waals surface area contributed by atoms with E-state index in [1.807, 2.05) is 0 Å². The third kappa shape index (κ3) is 2.57. The van der Waals surface area contributed by atoms with Gasteiger partial charge in [0.15, 0.2) is 0 Å². The Balaban J connectivity index is 2.10. The molecule has 0 saturated heterocycles. The maximum Gasteiger partial charge on any atom is 0.573 e. The molecule has 1 aromatic rings. The SMILES string of the molecule is FC(F)(F)Oc1ccc(C2=CNNN2)cc1. The summed E-state index contributed by atoms with van der Waals surface area (Å²) in [7, 11) is 0. The van der Waals surface area contributed by atoms with E-state index < -0.39 is 6.36 Å². The molecule has 0 fully saturated rings. The average Bonchev–Trinajstić information content (AvgIpc) is 2.69. The molecule has 0 saturated carbocycles. The third-order valence-corrected chi connectivity index (χ3v) is 1.88. The normalized spacial score (nSPS) is 15.1. The third-order valence-electron chi connectivity index (χ3n) is 1.88. The zero-order valence-electron chi connectivity index (χ0n) is 7.93. The van der Waals surface area contributed by atoms with Crippen molar-refractivity contribution in [2.45, 2.75) is 6.36 Å². The molecular formula is C9H8F3N3O. The summed E-state index contributed by atoms with van der Waals surface area (Å²) in [5.41, 5.74) is 9.56. The van der Waals surface area contributed by atoms with Crippen molar-refractivity contribution in [1.82, 2.24) is 16.4 Å². The summed E-state index contributed by atoms with van der Waals surface area (Å²) in [6.07, 6.45) is -3.00. The lowest BCUT2D eigenvalue weighted by molar-refractivity contribution is -0.274. The number of nitrogens with one attached hydrogen (secondary N) is 3. The van der Waals surface area contributed by atoms with Gasteiger partial charge in [-0.05, 0) is 24.3 Å². The molecule has 86 valence electrons. The Kier molecular flexibility index (Phi) is 2.61. The van der Waals surface area contributed by atoms with Crippen LogP contribution in [0.4, 0.5) is 13.2 Å². The molecular weight excluding hydrogens is 223 g/mol. The number of alkyl halides is 3. The van der Waals surface area contributed by atoms with Gasteiger partial charge in [0.05, 0.1) is 5.70 Å². The molecule has 1 heterocycles. The maximum atomic E-state index is 11.9. The minimum absolute atomic E-state index is 0.240. The van der Waals surface area contributed by atoms with Crippen LogP contribution in [0.25, 0.3) is 5.70 Å². The molecule has 0 unspecified atom stereocenters. The first-order valence-electron chi connectivity index (χ1n) is 4.37. The highest BCUT2D eigenvalue weighted by Gasteiger charge is 2.30. The van der Waals surface area contributed by atoms with Crippen molar-refractivity contribution in [2.75, 3.05) is 0 Å². The Morgan fingerprint density at radius 1 is 1.06 bits per heavy atom. The van der Waals surface area contributed by atoms with Crippen LogP contribution in [0.1, 0.15) is 5.56 Å². The quantitative estimate of drug-likeness (QED) is 0.721. The van der Waals surface area contributed by atoms with Crippen molar-refractivity contribution >= 4 is 5.70 Å². The molecule has 0 amide bonds. The first-order chi connectivity index (χ1) is 7.54. The Morgan fingerprint density at radius 3 is 2.25 bits per heavy atom. The van der Waals surface area contributed by atoms with Crippen LogP contribution in [-0.2, 0) is 0 Å². The van der Waals surface area contributed by atoms with E-state index in [9.17, 15) is 13.2 Å². The highest BCUT2D eigenvalue weighted by molar-refractivity contribution is 5.64. The monoisotopic (exact) mass is 231 g/mol. The molecule has 4 nitrogen and oxygen atoms in total. The van der Waals surface area contributed by atoms with Gasteiger partial charge in [-0.15, -0.1) is 13.2 Å². The second-order valence-electron chi connectivity index (χ2n) is 3.02. The first kappa shape index (κ1) is 10.6. The fraction of sp³-hybridized carbons (Fsp3) is 0.111. The van der Waals surface area contributed by atoms with Gasteiger partial charge in [-0.25, -0.2) is 0 Å². The van der Waals surface area contributed by atoms with E-state index in [-0.39, 0.29) is 5.75 Å². The highest BCUT2D eigenvalue weighted by atomic mass is 19.4. The van der Waals surface area contributed by atoms with E-state index >= 15 is 0 Å². The van der Waals surface area contributed by atoms with E-state index in [1.54, 1.807) is 6.20 Å². The molecule has 2 rings (SSSR count). The van der Waals surface area contributed by atoms with E-state index in [1.165, 1.54) is 24.3 Å². The molecule has 1 aromatic carbocycles. The van der Waals surface area contributed by atoms with E-state index in [0.29, 0.717) is 0 Å². The highest BCUT2D eigenvalue weighted by Crippen LogP contribution is 2.24. The number of halogens is 3. The van der Waals surface area contributed by atoms with Gasteiger partial charge in [-0.2, -0.15) is 5.53 Å². The maximum absolute atomic E-state index is 11.9. The van der Waals surface area contributed by atoms with Crippen LogP contribution in [0, 0.1) is 0 Å². The molecule has 0 aromatic heterocycles. The first-order valence-corrected chi connectivity index (χ1v) is 4.37. The summed E-state index contributed by atoms with van der Waals surface area (Å²) >= 11 is 0. The van der Waals surface area contributed by atoms with Gasteiger partial charge in [0, 0.05) is 11.8 Å². The van der Waals surface area contributed by atoms with Crippen LogP contribution in [0.2, 0.25) is 0 Å². The summed E-state index contributed by atoms with van der Waals surface area (Å²) in [6, 6.07) is 5.55. The van der Waals surface area contributed by atoms with Crippen LogP contribution in [-0.4, -0.2) is 6.36 Å². The number of ether oxygens (including phenoxy) is 1. The number of benzene rings is 1. The van der Waals surface area contributed by atoms with Crippen molar-refractivity contribution in [2.24, 2.45) is 0 Å². The topological polar surface area (TPSA) is 45.3 Å². The van der Waals surface area contributed by atoms with E-state index in [4.69, 9.17) is 0 Å². The Bertz CT molecular complexity index is 399. The minimum atomic E-state index is -4.66. The lowest BCUT2D eigenvalue weighted by Crippen LogP contribution is -2.31. The van der Waals surface area contributed by atoms with Crippen molar-refractivity contribution < 1.29 is 17.9 Å². The Hall–Kier alpha value is -1.89. The predicted molar refractivity (Wildman–Crippen MR) is 50.5 cm³/mol. The van der Waals surface area contributed by atoms with Gasteiger partial charge in [0.1, 0.15) is 5.75 Å². The zero-order chi connectivity index (χ0) is 11.6. The molecule has 1 aliphatic rings. The number of hydrogen-bond acceptors (Lipinski definition) is 4. The minimum Gasteiger partial charge on any atom is -0.406 e. The summed E-state index contributed by atoms with van der Waals surface area (Å²) in [5, 5.41) is 0. The number of rotatable bonds is 2. The molecule has 0 bridgehead atoms. The van der Waals surface area contributed by atoms with Gasteiger partial charge >= 0.3 is 6.36 Å². The molecule has 3 N–H and O–H groups in total. The summed E-state index contributed by atoms with van der Waals surface area (Å²) < 4.78 is 39.4. The summed E-state index contributed by atoms with van der Waals surface area (Å²) in [4.78, 5) is 0. The predicted octanol–water partition coefficient (Wildman–Crippen LogP) is 1.50. The smallest absolute Gasteiger partial charge is 0.406 e. The number of hydrogen-bond donors (Lipinski definition) is 3. The van der Waals surface area contributed by atoms with E-state index in [0.717, 1.165) is 11.3 Å². The Labute approximate surface area is 89.0 Å². The van der Waals surface area contributed by atoms with E-state index in [2.05, 4.69) is 21.1 Å². The number of hydrazine groups is 2. The van der Waals surface area contributed by atoms with Crippen LogP contribution in [0.15, 0.2) is 30.5 Å². The van der Waals surface area contributed by atoms with Crippen LogP contribution in [0.3, 0.4) is 0 Å². The zero-order valence-corrected chi connectivity index (χ0v) is 7.93. The molecule has 7 heteroatoms. The van der Waals surface area contributed by atoms with Crippen molar-refractivity contribution in [3.05, 3.63) is 36.0 Å². The van der Waals surface area contributed by atoms with Crippen LogP contribution >= 0.6 is 0 Å². The standard InChI is InChI=1S/C9H8F3N3O/c10-9(11,12)16-7-3-1-6(2-4-7)8-5-13-15-14-8/h1-5,13-15H. The van der Waals surface area contributed by atoms with Gasteiger partial charge in [0.2, 0.25) is 0 Å². The fourth-order valence-electron chi connectivity index (χ4n) is 1.24. The lowest BCUT2D eigenvalue weighted by Gasteiger charge is -2.09. The van der Waals surface area contributed by atoms with Crippen molar-refractivity contribution in [1.29, 1.82) is 0 Å². The Morgan fingerprint density at radius 2 is 1.75 bits per heavy atom. The van der Waals surface area contributed by atoms with Gasteiger partial charge < -0.3 is 15.6 Å². The second kappa shape index (κ2) is 3.93. The molecule has 1 aliphatic heterocycles. The fourth-order valence-corrected chi connectivity index (χ4v) is 1.24. The largest absolute Gasteiger partial charge is 0.573 e. The van der Waals surface area contributed by atoms with Gasteiger partial charge in [-0.3, -0.25) is 0 Å². The molecule has 0 aliphatic carbocycles. The molecule has 0 spiro atoms. The summed E-state index contributed by atoms with van der Waals surface area (Å²) in [5.74, 6) is -0.240.